The average molecular weight is 710 g/mol. The molecule has 12 heteroatoms. The molecular formula is C39H51NO11. The molecule has 12 nitrogen and oxygen atoms in total. The lowest BCUT2D eigenvalue weighted by atomic mass is 9.49. The summed E-state index contributed by atoms with van der Waals surface area (Å²) in [5.74, 6) is -5.15. The van der Waals surface area contributed by atoms with Crippen LogP contribution in [0.3, 0.4) is 0 Å². The molecule has 2 saturated carbocycles. The second-order valence-electron chi connectivity index (χ2n) is 15.0. The number of ether oxygens (including phenoxy) is 5. The fraction of sp³-hybridized carbons (Fsp3) is 0.590. The van der Waals surface area contributed by atoms with Crippen LogP contribution in [0.5, 0.6) is 0 Å². The minimum atomic E-state index is -1.47. The van der Waals surface area contributed by atoms with Crippen molar-refractivity contribution in [2.45, 2.75) is 111 Å². The van der Waals surface area contributed by atoms with Gasteiger partial charge in [-0.15, -0.1) is 0 Å². The molecule has 0 spiro atoms. The minimum Gasteiger partial charge on any atom is -0.462 e. The summed E-state index contributed by atoms with van der Waals surface area (Å²) in [6.45, 7) is 16.3. The van der Waals surface area contributed by atoms with Crippen LogP contribution in [0.4, 0.5) is 0 Å². The molecule has 3 aliphatic carbocycles. The van der Waals surface area contributed by atoms with Crippen LogP contribution in [0.2, 0.25) is 0 Å². The third-order valence-electron chi connectivity index (χ3n) is 11.0. The summed E-state index contributed by atoms with van der Waals surface area (Å²) >= 11 is 0. The van der Waals surface area contributed by atoms with Crippen molar-refractivity contribution < 1.29 is 52.5 Å². The van der Waals surface area contributed by atoms with Crippen LogP contribution in [-0.2, 0) is 52.5 Å². The first-order valence-corrected chi connectivity index (χ1v) is 17.3. The average Bonchev–Trinajstić information content (AvgIpc) is 3.01. The van der Waals surface area contributed by atoms with E-state index in [4.69, 9.17) is 23.7 Å². The van der Waals surface area contributed by atoms with Gasteiger partial charge >= 0.3 is 29.8 Å². The number of ketones is 1. The van der Waals surface area contributed by atoms with E-state index in [1.807, 2.05) is 63.2 Å². The minimum absolute atomic E-state index is 0.0111. The highest BCUT2D eigenvalue weighted by molar-refractivity contribution is 6.03. The van der Waals surface area contributed by atoms with Crippen LogP contribution < -0.4 is 0 Å². The molecule has 0 saturated heterocycles. The van der Waals surface area contributed by atoms with Crippen LogP contribution in [0.1, 0.15) is 86.3 Å². The van der Waals surface area contributed by atoms with E-state index in [1.54, 1.807) is 13.8 Å². The van der Waals surface area contributed by atoms with Gasteiger partial charge in [0.2, 0.25) is 5.78 Å². The van der Waals surface area contributed by atoms with Gasteiger partial charge in [-0.05, 0) is 55.5 Å². The van der Waals surface area contributed by atoms with Gasteiger partial charge in [-0.1, -0.05) is 57.7 Å². The monoisotopic (exact) mass is 709 g/mol. The van der Waals surface area contributed by atoms with Crippen molar-refractivity contribution in [3.05, 3.63) is 59.2 Å². The lowest BCUT2D eigenvalue weighted by Crippen LogP contribution is -2.64. The van der Waals surface area contributed by atoms with Gasteiger partial charge in [0.1, 0.15) is 18.3 Å². The number of benzene rings is 1. The smallest absolute Gasteiger partial charge is 0.308 e. The van der Waals surface area contributed by atoms with E-state index in [2.05, 4.69) is 6.58 Å². The third-order valence-corrected chi connectivity index (χ3v) is 11.0. The van der Waals surface area contributed by atoms with Crippen LogP contribution in [0.25, 0.3) is 0 Å². The largest absolute Gasteiger partial charge is 0.462 e. The first kappa shape index (κ1) is 39.5. The first-order valence-electron chi connectivity index (χ1n) is 17.3. The molecule has 3 aliphatic rings. The van der Waals surface area contributed by atoms with Gasteiger partial charge in [-0.3, -0.25) is 28.8 Å². The van der Waals surface area contributed by atoms with Crippen molar-refractivity contribution in [1.29, 1.82) is 0 Å². The second-order valence-corrected chi connectivity index (χ2v) is 15.0. The Kier molecular flexibility index (Phi) is 11.7. The molecule has 1 aromatic carbocycles. The second kappa shape index (κ2) is 15.1. The molecule has 51 heavy (non-hydrogen) atoms. The first-order chi connectivity index (χ1) is 23.7. The maximum atomic E-state index is 15.0. The number of carbonyl (C=O) groups excluding carboxylic acids is 6. The van der Waals surface area contributed by atoms with Crippen LogP contribution in [-0.4, -0.2) is 85.1 Å². The topological polar surface area (TPSA) is 152 Å². The van der Waals surface area contributed by atoms with Crippen molar-refractivity contribution in [1.82, 2.24) is 4.90 Å². The SMILES string of the molecule is C=C1[C@@H](OC(=O)C[C@@H](c2ccccc2)N(C)C)C[C@H](OC(C)=O)[C@]2(C)[C@@H]1C[C@@H]1[C@@H](OC(C)=O)[C@H](OC(C)=O)C(C)=C(C(=O)[C@@H]2OC(C)=O)C1(C)C. The number of carbonyl (C=O) groups is 6. The fourth-order valence-electron chi connectivity index (χ4n) is 8.67. The van der Waals surface area contributed by atoms with Gasteiger partial charge in [0, 0.05) is 51.6 Å². The zero-order chi connectivity index (χ0) is 38.2. The highest BCUT2D eigenvalue weighted by atomic mass is 16.6. The number of hydrogen-bond acceptors (Lipinski definition) is 12. The zero-order valence-corrected chi connectivity index (χ0v) is 31.3. The van der Waals surface area contributed by atoms with Crippen molar-refractivity contribution in [2.75, 3.05) is 14.1 Å². The van der Waals surface area contributed by atoms with Gasteiger partial charge in [-0.2, -0.15) is 0 Å². The molecule has 2 bridgehead atoms. The summed E-state index contributed by atoms with van der Waals surface area (Å²) in [4.78, 5) is 81.0. The molecule has 0 aromatic heterocycles. The standard InChI is InChI=1S/C39H51NO11/c1-20-27-17-28-36(49-24(5)43)35(48-23(4)42)21(2)33(38(28,7)8)34(46)37(50-25(6)44)39(27,9)31(47-22(3)41)19-30(20)51-32(45)18-29(40(10)11)26-15-13-12-14-16-26/h12-16,27-31,35-37H,1,17-19H2,2-11H3/t27-,28-,29+,30+,31+,35-,36-,37+,39+/m1/s1. The Morgan fingerprint density at radius 2 is 1.41 bits per heavy atom. The lowest BCUT2D eigenvalue weighted by Gasteiger charge is -2.58. The number of nitrogens with zero attached hydrogens (tertiary/aromatic N) is 1. The molecule has 0 radical (unpaired) electrons. The van der Waals surface area contributed by atoms with Crippen molar-refractivity contribution in [2.24, 2.45) is 22.7 Å². The van der Waals surface area contributed by atoms with E-state index in [0.29, 0.717) is 11.1 Å². The van der Waals surface area contributed by atoms with E-state index in [-0.39, 0.29) is 30.9 Å². The molecule has 9 atom stereocenters. The van der Waals surface area contributed by atoms with Gasteiger partial charge in [0.25, 0.3) is 0 Å². The molecule has 2 fully saturated rings. The van der Waals surface area contributed by atoms with Crippen LogP contribution in [0, 0.1) is 22.7 Å². The number of Topliss-reactive ketones (excluding diaryl/α,β-unsaturated/α-hetero) is 1. The van der Waals surface area contributed by atoms with Crippen LogP contribution in [0.15, 0.2) is 53.6 Å². The molecule has 0 N–H and O–H groups in total. The Morgan fingerprint density at radius 1 is 0.843 bits per heavy atom. The molecule has 0 amide bonds. The van der Waals surface area contributed by atoms with Crippen molar-refractivity contribution in [3.63, 3.8) is 0 Å². The third kappa shape index (κ3) is 7.80. The van der Waals surface area contributed by atoms with Gasteiger partial charge < -0.3 is 28.6 Å². The van der Waals surface area contributed by atoms with E-state index >= 15 is 0 Å². The number of hydrogen-bond donors (Lipinski definition) is 0. The van der Waals surface area contributed by atoms with Gasteiger partial charge in [0.05, 0.1) is 11.8 Å². The highest BCUT2D eigenvalue weighted by Crippen LogP contribution is 2.60. The van der Waals surface area contributed by atoms with E-state index in [1.165, 1.54) is 27.7 Å². The molecule has 0 unspecified atom stereocenters. The molecular weight excluding hydrogens is 658 g/mol. The maximum absolute atomic E-state index is 15.0. The summed E-state index contributed by atoms with van der Waals surface area (Å²) in [6.07, 6.45) is -5.51. The highest BCUT2D eigenvalue weighted by Gasteiger charge is 2.65. The predicted octanol–water partition coefficient (Wildman–Crippen LogP) is 4.85. The summed E-state index contributed by atoms with van der Waals surface area (Å²) in [6, 6.07) is 9.24. The van der Waals surface area contributed by atoms with Gasteiger partial charge in [-0.25, -0.2) is 0 Å². The van der Waals surface area contributed by atoms with Crippen molar-refractivity contribution in [3.8, 4) is 0 Å². The Bertz CT molecular complexity index is 1610. The Hall–Kier alpha value is -4.32. The van der Waals surface area contributed by atoms with Gasteiger partial charge in [0.15, 0.2) is 12.2 Å². The maximum Gasteiger partial charge on any atom is 0.308 e. The Balaban J connectivity index is 1.88. The van der Waals surface area contributed by atoms with E-state index in [9.17, 15) is 28.8 Å². The molecule has 4 rings (SSSR count). The van der Waals surface area contributed by atoms with Crippen LogP contribution >= 0.6 is 0 Å². The molecule has 1 aromatic rings. The number of fused-ring (bicyclic) bond motifs is 3. The summed E-state index contributed by atoms with van der Waals surface area (Å²) in [5.41, 5.74) is -0.428. The molecule has 278 valence electrons. The fourth-order valence-corrected chi connectivity index (χ4v) is 8.67. The van der Waals surface area contributed by atoms with Crippen molar-refractivity contribution >= 4 is 35.6 Å². The summed E-state index contributed by atoms with van der Waals surface area (Å²) in [5, 5.41) is 0. The Labute approximate surface area is 299 Å². The lowest BCUT2D eigenvalue weighted by molar-refractivity contribution is -0.200. The predicted molar refractivity (Wildman–Crippen MR) is 185 cm³/mol. The zero-order valence-electron chi connectivity index (χ0n) is 31.3. The Morgan fingerprint density at radius 3 is 1.94 bits per heavy atom. The quantitative estimate of drug-likeness (QED) is 0.196. The molecule has 0 heterocycles. The van der Waals surface area contributed by atoms with E-state index in [0.717, 1.165) is 5.56 Å². The summed E-state index contributed by atoms with van der Waals surface area (Å²) in [7, 11) is 3.73. The number of esters is 5. The number of rotatable bonds is 9. The normalized spacial score (nSPS) is 30.6. The summed E-state index contributed by atoms with van der Waals surface area (Å²) < 4.78 is 29.6. The van der Waals surface area contributed by atoms with E-state index < -0.39 is 88.8 Å². The molecule has 0 aliphatic heterocycles.